The number of aryl methyl sites for hydroxylation is 1. The van der Waals surface area contributed by atoms with E-state index in [4.69, 9.17) is 9.15 Å². The lowest BCUT2D eigenvalue weighted by Gasteiger charge is -2.15. The highest BCUT2D eigenvalue weighted by atomic mass is 127. The average Bonchev–Trinajstić information content (AvgIpc) is 3.18. The molecule has 2 aromatic rings. The lowest BCUT2D eigenvalue weighted by molar-refractivity contribution is 0.0926. The van der Waals surface area contributed by atoms with Crippen molar-refractivity contribution < 1.29 is 13.9 Å². The van der Waals surface area contributed by atoms with Gasteiger partial charge >= 0.3 is 0 Å². The molecule has 154 valence electrons. The molecule has 28 heavy (non-hydrogen) atoms. The number of rotatable bonds is 9. The number of amides is 1. The summed E-state index contributed by atoms with van der Waals surface area (Å²) in [6.07, 6.45) is 1.42. The van der Waals surface area contributed by atoms with Crippen LogP contribution in [-0.2, 0) is 0 Å². The topological polar surface area (TPSA) is 87.9 Å². The van der Waals surface area contributed by atoms with Gasteiger partial charge in [-0.05, 0) is 50.6 Å². The quantitative estimate of drug-likeness (QED) is 0.213. The first-order valence-electron chi connectivity index (χ1n) is 9.15. The van der Waals surface area contributed by atoms with Crippen LogP contribution in [0.4, 0.5) is 0 Å². The molecule has 3 N–H and O–H groups in total. The van der Waals surface area contributed by atoms with Gasteiger partial charge in [0.15, 0.2) is 11.7 Å². The molecule has 0 fully saturated rings. The second kappa shape index (κ2) is 13.0. The molecule has 2 rings (SSSR count). The number of furan rings is 1. The summed E-state index contributed by atoms with van der Waals surface area (Å²) in [5, 5.41) is 9.15. The lowest BCUT2D eigenvalue weighted by atomic mass is 10.2. The number of aliphatic imine (C=N–C) groups is 1. The molecule has 0 saturated heterocycles. The number of guanidine groups is 1. The van der Waals surface area contributed by atoms with E-state index in [0.29, 0.717) is 31.4 Å². The van der Waals surface area contributed by atoms with Crippen LogP contribution in [-0.4, -0.2) is 44.1 Å². The van der Waals surface area contributed by atoms with E-state index in [1.807, 2.05) is 45.0 Å². The normalized spacial score (nSPS) is 11.9. The molecule has 8 heteroatoms. The maximum Gasteiger partial charge on any atom is 0.287 e. The van der Waals surface area contributed by atoms with Gasteiger partial charge in [0.2, 0.25) is 0 Å². The second-order valence-corrected chi connectivity index (χ2v) is 6.12. The Morgan fingerprint density at radius 3 is 2.64 bits per heavy atom. The molecular formula is C20H29IN4O3. The molecule has 0 saturated carbocycles. The van der Waals surface area contributed by atoms with E-state index < -0.39 is 0 Å². The number of carbonyl (C=O) groups is 1. The zero-order valence-electron chi connectivity index (χ0n) is 16.5. The molecular weight excluding hydrogens is 471 g/mol. The Labute approximate surface area is 183 Å². The molecule has 0 aliphatic heterocycles. The molecule has 0 bridgehead atoms. The van der Waals surface area contributed by atoms with Crippen molar-refractivity contribution >= 4 is 35.8 Å². The molecule has 1 aromatic heterocycles. The first-order chi connectivity index (χ1) is 13.1. The standard InChI is InChI=1S/C20H28N4O3.HI/c1-4-21-20(23-11-10-22-19(25)18-9-6-12-26-18)24-14-16(3)27-17-8-5-7-15(2)13-17;/h5-9,12-13,16H,4,10-11,14H2,1-3H3,(H,22,25)(H2,21,23,24);1H. The number of nitrogens with zero attached hydrogens (tertiary/aromatic N) is 1. The van der Waals surface area contributed by atoms with Crippen molar-refractivity contribution in [3.8, 4) is 5.75 Å². The molecule has 0 spiro atoms. The number of benzene rings is 1. The van der Waals surface area contributed by atoms with Gasteiger partial charge in [-0.15, -0.1) is 24.0 Å². The van der Waals surface area contributed by atoms with E-state index in [9.17, 15) is 4.79 Å². The lowest BCUT2D eigenvalue weighted by Crippen LogP contribution is -2.42. The Morgan fingerprint density at radius 2 is 1.96 bits per heavy atom. The largest absolute Gasteiger partial charge is 0.489 e. The van der Waals surface area contributed by atoms with Gasteiger partial charge in [0.1, 0.15) is 11.9 Å². The van der Waals surface area contributed by atoms with Gasteiger partial charge in [-0.2, -0.15) is 0 Å². The smallest absolute Gasteiger partial charge is 0.287 e. The summed E-state index contributed by atoms with van der Waals surface area (Å²) in [7, 11) is 0. The summed E-state index contributed by atoms with van der Waals surface area (Å²) in [5.41, 5.74) is 1.16. The third-order valence-electron chi connectivity index (χ3n) is 3.63. The third kappa shape index (κ3) is 8.64. The monoisotopic (exact) mass is 500 g/mol. The van der Waals surface area contributed by atoms with Gasteiger partial charge in [-0.25, -0.2) is 4.99 Å². The average molecular weight is 500 g/mol. The number of ether oxygens (including phenoxy) is 1. The summed E-state index contributed by atoms with van der Waals surface area (Å²) >= 11 is 0. The Kier molecular flexibility index (Phi) is 11.1. The van der Waals surface area contributed by atoms with Crippen molar-refractivity contribution in [2.24, 2.45) is 4.99 Å². The van der Waals surface area contributed by atoms with E-state index >= 15 is 0 Å². The highest BCUT2D eigenvalue weighted by Gasteiger charge is 2.07. The predicted octanol–water partition coefficient (Wildman–Crippen LogP) is 2.96. The van der Waals surface area contributed by atoms with E-state index in [2.05, 4.69) is 20.9 Å². The fourth-order valence-corrected chi connectivity index (χ4v) is 2.37. The minimum atomic E-state index is -0.232. The summed E-state index contributed by atoms with van der Waals surface area (Å²) < 4.78 is 10.9. The zero-order chi connectivity index (χ0) is 19.5. The van der Waals surface area contributed by atoms with Crippen molar-refractivity contribution in [2.75, 3.05) is 26.2 Å². The molecule has 1 heterocycles. The molecule has 1 aromatic carbocycles. The molecule has 1 atom stereocenters. The molecule has 0 aliphatic rings. The van der Waals surface area contributed by atoms with Gasteiger partial charge in [-0.3, -0.25) is 4.79 Å². The SMILES string of the molecule is CCNC(=NCC(C)Oc1cccc(C)c1)NCCNC(=O)c1ccco1.I. The Morgan fingerprint density at radius 1 is 1.18 bits per heavy atom. The van der Waals surface area contributed by atoms with E-state index in [0.717, 1.165) is 17.9 Å². The molecule has 7 nitrogen and oxygen atoms in total. The number of halogens is 1. The summed E-state index contributed by atoms with van der Waals surface area (Å²) in [4.78, 5) is 16.3. The van der Waals surface area contributed by atoms with E-state index in [1.54, 1.807) is 12.1 Å². The first-order valence-corrected chi connectivity index (χ1v) is 9.15. The Bertz CT molecular complexity index is 735. The summed E-state index contributed by atoms with van der Waals surface area (Å²) in [6.45, 7) is 8.29. The van der Waals surface area contributed by atoms with E-state index in [-0.39, 0.29) is 36.0 Å². The Balaban J connectivity index is 0.00000392. The second-order valence-electron chi connectivity index (χ2n) is 6.12. The number of nitrogens with one attached hydrogen (secondary N) is 3. The van der Waals surface area contributed by atoms with Gasteiger partial charge in [0.25, 0.3) is 5.91 Å². The fraction of sp³-hybridized carbons (Fsp3) is 0.400. The van der Waals surface area contributed by atoms with Crippen molar-refractivity contribution in [2.45, 2.75) is 26.9 Å². The molecule has 1 unspecified atom stereocenters. The molecule has 0 radical (unpaired) electrons. The minimum Gasteiger partial charge on any atom is -0.489 e. The van der Waals surface area contributed by atoms with E-state index in [1.165, 1.54) is 6.26 Å². The van der Waals surface area contributed by atoms with Crippen LogP contribution >= 0.6 is 24.0 Å². The van der Waals surface area contributed by atoms with Crippen molar-refractivity contribution in [3.63, 3.8) is 0 Å². The van der Waals surface area contributed by atoms with Crippen LogP contribution in [0.5, 0.6) is 5.75 Å². The van der Waals surface area contributed by atoms with Crippen LogP contribution in [0.25, 0.3) is 0 Å². The van der Waals surface area contributed by atoms with Crippen molar-refractivity contribution in [1.29, 1.82) is 0 Å². The van der Waals surface area contributed by atoms with Gasteiger partial charge < -0.3 is 25.1 Å². The highest BCUT2D eigenvalue weighted by molar-refractivity contribution is 14.0. The van der Waals surface area contributed by atoms with Crippen LogP contribution in [0.1, 0.15) is 30.0 Å². The van der Waals surface area contributed by atoms with Crippen molar-refractivity contribution in [3.05, 3.63) is 54.0 Å². The summed E-state index contributed by atoms with van der Waals surface area (Å²) in [5.74, 6) is 1.60. The number of carbonyl (C=O) groups excluding carboxylic acids is 1. The number of hydrogen-bond donors (Lipinski definition) is 3. The maximum absolute atomic E-state index is 11.8. The van der Waals surface area contributed by atoms with Crippen LogP contribution < -0.4 is 20.7 Å². The first kappa shape index (κ1) is 23.8. The third-order valence-corrected chi connectivity index (χ3v) is 3.63. The van der Waals surface area contributed by atoms with Gasteiger partial charge in [0, 0.05) is 19.6 Å². The molecule has 0 aliphatic carbocycles. The maximum atomic E-state index is 11.8. The fourth-order valence-electron chi connectivity index (χ4n) is 2.37. The minimum absolute atomic E-state index is 0. The zero-order valence-corrected chi connectivity index (χ0v) is 18.9. The highest BCUT2D eigenvalue weighted by Crippen LogP contribution is 2.14. The van der Waals surface area contributed by atoms with Gasteiger partial charge in [-0.1, -0.05) is 12.1 Å². The molecule has 1 amide bonds. The van der Waals surface area contributed by atoms with Crippen LogP contribution in [0.2, 0.25) is 0 Å². The van der Waals surface area contributed by atoms with Crippen LogP contribution in [0, 0.1) is 6.92 Å². The van der Waals surface area contributed by atoms with Gasteiger partial charge in [0.05, 0.1) is 12.8 Å². The number of hydrogen-bond acceptors (Lipinski definition) is 4. The van der Waals surface area contributed by atoms with Crippen LogP contribution in [0.3, 0.4) is 0 Å². The summed E-state index contributed by atoms with van der Waals surface area (Å²) in [6, 6.07) is 11.3. The predicted molar refractivity (Wildman–Crippen MR) is 122 cm³/mol. The van der Waals surface area contributed by atoms with Crippen molar-refractivity contribution in [1.82, 2.24) is 16.0 Å². The Hall–Kier alpha value is -2.23. The van der Waals surface area contributed by atoms with Crippen LogP contribution in [0.15, 0.2) is 52.1 Å².